The molecule has 0 saturated heterocycles. The van der Waals surface area contributed by atoms with Crippen molar-refractivity contribution in [1.29, 1.82) is 0 Å². The maximum atomic E-state index is 13.0. The lowest BCUT2D eigenvalue weighted by molar-refractivity contribution is 0.0600. The number of benzene rings is 1. The average molecular weight is 196 g/mol. The minimum Gasteiger partial charge on any atom is -0.465 e. The van der Waals surface area contributed by atoms with E-state index < -0.39 is 11.8 Å². The molecule has 1 aromatic rings. The summed E-state index contributed by atoms with van der Waals surface area (Å²) >= 11 is 0. The lowest BCUT2D eigenvalue weighted by atomic mass is 10.1. The van der Waals surface area contributed by atoms with E-state index in [4.69, 9.17) is 0 Å². The van der Waals surface area contributed by atoms with Crippen LogP contribution in [0.2, 0.25) is 0 Å². The maximum absolute atomic E-state index is 13.0. The lowest BCUT2D eigenvalue weighted by Gasteiger charge is -2.04. The van der Waals surface area contributed by atoms with Crippen LogP contribution in [-0.2, 0) is 4.74 Å². The van der Waals surface area contributed by atoms with Gasteiger partial charge < -0.3 is 4.74 Å². The molecule has 0 aliphatic heterocycles. The van der Waals surface area contributed by atoms with Crippen molar-refractivity contribution in [3.05, 3.63) is 34.6 Å². The van der Waals surface area contributed by atoms with Gasteiger partial charge in [-0.15, -0.1) is 0 Å². The van der Waals surface area contributed by atoms with Crippen LogP contribution < -0.4 is 0 Å². The molecule has 0 aromatic heterocycles. The summed E-state index contributed by atoms with van der Waals surface area (Å²) < 4.78 is 17.5. The maximum Gasteiger partial charge on any atom is 0.338 e. The minimum absolute atomic E-state index is 0.143. The second-order valence-electron chi connectivity index (χ2n) is 2.80. The number of ether oxygens (including phenoxy) is 1. The van der Waals surface area contributed by atoms with Crippen molar-refractivity contribution in [2.24, 2.45) is 0 Å². The average Bonchev–Trinajstić information content (AvgIpc) is 2.17. The Morgan fingerprint density at radius 1 is 1.50 bits per heavy atom. The molecule has 3 nitrogen and oxygen atoms in total. The summed E-state index contributed by atoms with van der Waals surface area (Å²) in [4.78, 5) is 21.6. The van der Waals surface area contributed by atoms with Gasteiger partial charge in [-0.05, 0) is 24.6 Å². The van der Waals surface area contributed by atoms with Crippen LogP contribution in [-0.4, -0.2) is 19.4 Å². The summed E-state index contributed by atoms with van der Waals surface area (Å²) in [5.41, 5.74) is 0.506. The molecule has 0 saturated carbocycles. The molecule has 0 bridgehead atoms. The van der Waals surface area contributed by atoms with Crippen LogP contribution in [0.15, 0.2) is 12.1 Å². The number of aryl methyl sites for hydroxylation is 1. The first-order valence-corrected chi connectivity index (χ1v) is 3.93. The van der Waals surface area contributed by atoms with Gasteiger partial charge in [0.2, 0.25) is 0 Å². The molecule has 0 unspecified atom stereocenters. The fourth-order valence-corrected chi connectivity index (χ4v) is 1.11. The van der Waals surface area contributed by atoms with Crippen LogP contribution >= 0.6 is 0 Å². The SMILES string of the molecule is COC(=O)c1cc(C=O)c(F)cc1C. The zero-order valence-electron chi connectivity index (χ0n) is 7.83. The fourth-order valence-electron chi connectivity index (χ4n) is 1.11. The van der Waals surface area contributed by atoms with Crippen LogP contribution in [0.3, 0.4) is 0 Å². The van der Waals surface area contributed by atoms with Gasteiger partial charge in [0, 0.05) is 0 Å². The van der Waals surface area contributed by atoms with Crippen molar-refractivity contribution in [3.8, 4) is 0 Å². The quantitative estimate of drug-likeness (QED) is 0.534. The summed E-state index contributed by atoms with van der Waals surface area (Å²) in [5, 5.41) is 0. The highest BCUT2D eigenvalue weighted by molar-refractivity contribution is 5.93. The van der Waals surface area contributed by atoms with Crippen molar-refractivity contribution in [3.63, 3.8) is 0 Å². The molecule has 0 heterocycles. The Hall–Kier alpha value is -1.71. The predicted octanol–water partition coefficient (Wildman–Crippen LogP) is 1.73. The minimum atomic E-state index is -0.634. The first-order chi connectivity index (χ1) is 6.60. The number of hydrogen-bond acceptors (Lipinski definition) is 3. The number of methoxy groups -OCH3 is 1. The number of hydrogen-bond donors (Lipinski definition) is 0. The van der Waals surface area contributed by atoms with Crippen LogP contribution in [0.5, 0.6) is 0 Å². The predicted molar refractivity (Wildman–Crippen MR) is 47.9 cm³/mol. The van der Waals surface area contributed by atoms with Crippen LogP contribution in [0.1, 0.15) is 26.3 Å². The van der Waals surface area contributed by atoms with Gasteiger partial charge in [-0.2, -0.15) is 0 Å². The van der Waals surface area contributed by atoms with Crippen molar-refractivity contribution in [2.75, 3.05) is 7.11 Å². The molecule has 4 heteroatoms. The normalized spacial score (nSPS) is 9.64. The Morgan fingerprint density at radius 2 is 2.14 bits per heavy atom. The number of rotatable bonds is 2. The van der Waals surface area contributed by atoms with Gasteiger partial charge in [-0.25, -0.2) is 9.18 Å². The largest absolute Gasteiger partial charge is 0.465 e. The molecule has 0 fully saturated rings. The Labute approximate surface area is 80.5 Å². The van der Waals surface area contributed by atoms with Crippen molar-refractivity contribution in [1.82, 2.24) is 0 Å². The zero-order chi connectivity index (χ0) is 10.7. The Bertz CT molecular complexity index is 385. The summed E-state index contributed by atoms with van der Waals surface area (Å²) in [7, 11) is 1.23. The van der Waals surface area contributed by atoms with E-state index >= 15 is 0 Å². The number of halogens is 1. The molecule has 14 heavy (non-hydrogen) atoms. The number of carbonyl (C=O) groups excluding carboxylic acids is 2. The second kappa shape index (κ2) is 4.00. The van der Waals surface area contributed by atoms with Gasteiger partial charge >= 0.3 is 5.97 Å². The van der Waals surface area contributed by atoms with Crippen molar-refractivity contribution < 1.29 is 18.7 Å². The van der Waals surface area contributed by atoms with Gasteiger partial charge in [0.15, 0.2) is 6.29 Å². The first kappa shape index (κ1) is 10.4. The van der Waals surface area contributed by atoms with Gasteiger partial charge in [-0.1, -0.05) is 0 Å². The summed E-state index contributed by atoms with van der Waals surface area (Å²) in [6, 6.07) is 2.32. The molecular weight excluding hydrogens is 187 g/mol. The zero-order valence-corrected chi connectivity index (χ0v) is 7.83. The van der Waals surface area contributed by atoms with Crippen LogP contribution in [0.4, 0.5) is 4.39 Å². The third kappa shape index (κ3) is 1.79. The van der Waals surface area contributed by atoms with E-state index in [1.54, 1.807) is 6.92 Å². The monoisotopic (exact) mass is 196 g/mol. The highest BCUT2D eigenvalue weighted by atomic mass is 19.1. The smallest absolute Gasteiger partial charge is 0.338 e. The molecule has 0 N–H and O–H groups in total. The van der Waals surface area contributed by atoms with Crippen LogP contribution in [0, 0.1) is 12.7 Å². The molecule has 74 valence electrons. The van der Waals surface area contributed by atoms with Crippen LogP contribution in [0.25, 0.3) is 0 Å². The van der Waals surface area contributed by atoms with E-state index in [9.17, 15) is 14.0 Å². The molecule has 0 atom stereocenters. The van der Waals surface area contributed by atoms with Gasteiger partial charge in [0.05, 0.1) is 18.2 Å². The summed E-state index contributed by atoms with van der Waals surface area (Å²) in [5.74, 6) is -1.21. The van der Waals surface area contributed by atoms with Gasteiger partial charge in [0.25, 0.3) is 0 Å². The fraction of sp³-hybridized carbons (Fsp3) is 0.200. The van der Waals surface area contributed by atoms with E-state index in [2.05, 4.69) is 4.74 Å². The van der Waals surface area contributed by atoms with E-state index in [0.29, 0.717) is 11.8 Å². The second-order valence-corrected chi connectivity index (χ2v) is 2.80. The number of aldehydes is 1. The summed E-state index contributed by atoms with van der Waals surface area (Å²) in [6.45, 7) is 1.57. The van der Waals surface area contributed by atoms with Crippen molar-refractivity contribution >= 4 is 12.3 Å². The van der Waals surface area contributed by atoms with E-state index in [1.165, 1.54) is 13.2 Å². The molecule has 0 spiro atoms. The van der Waals surface area contributed by atoms with E-state index in [1.807, 2.05) is 0 Å². The molecule has 0 radical (unpaired) electrons. The first-order valence-electron chi connectivity index (χ1n) is 3.93. The van der Waals surface area contributed by atoms with E-state index in [0.717, 1.165) is 6.07 Å². The van der Waals surface area contributed by atoms with Crippen molar-refractivity contribution in [2.45, 2.75) is 6.92 Å². The molecule has 0 aliphatic carbocycles. The van der Waals surface area contributed by atoms with Gasteiger partial charge in [0.1, 0.15) is 5.82 Å². The number of carbonyl (C=O) groups is 2. The summed E-state index contributed by atoms with van der Waals surface area (Å²) in [6.07, 6.45) is 0.362. The Kier molecular flexibility index (Phi) is 2.96. The molecule has 1 rings (SSSR count). The molecule has 0 aliphatic rings. The number of esters is 1. The third-order valence-electron chi connectivity index (χ3n) is 1.88. The lowest BCUT2D eigenvalue weighted by Crippen LogP contribution is -2.05. The molecule has 1 aromatic carbocycles. The Balaban J connectivity index is 3.30. The highest BCUT2D eigenvalue weighted by Crippen LogP contribution is 2.14. The van der Waals surface area contributed by atoms with E-state index in [-0.39, 0.29) is 11.1 Å². The topological polar surface area (TPSA) is 43.4 Å². The third-order valence-corrected chi connectivity index (χ3v) is 1.88. The van der Waals surface area contributed by atoms with Gasteiger partial charge in [-0.3, -0.25) is 4.79 Å². The molecule has 0 amide bonds. The Morgan fingerprint density at radius 3 is 2.64 bits per heavy atom. The molecular formula is C10H9FO3. The highest BCUT2D eigenvalue weighted by Gasteiger charge is 2.12. The standard InChI is InChI=1S/C10H9FO3/c1-6-3-9(11)7(5-12)4-8(6)10(13)14-2/h3-5H,1-2H3.